The van der Waals surface area contributed by atoms with Gasteiger partial charge in [0.05, 0.1) is 13.2 Å². The molecule has 0 atom stereocenters. The molecule has 0 aliphatic rings. The first-order valence-electron chi connectivity index (χ1n) is 7.67. The summed E-state index contributed by atoms with van der Waals surface area (Å²) in [6, 6.07) is 9.46. The van der Waals surface area contributed by atoms with Crippen LogP contribution in [0.1, 0.15) is 16.2 Å². The lowest BCUT2D eigenvalue weighted by Crippen LogP contribution is -2.26. The Morgan fingerprint density at radius 2 is 2.08 bits per heavy atom. The fourth-order valence-electron chi connectivity index (χ4n) is 2.40. The summed E-state index contributed by atoms with van der Waals surface area (Å²) >= 11 is 0. The Morgan fingerprint density at radius 1 is 1.32 bits per heavy atom. The molecule has 0 unspecified atom stereocenters. The van der Waals surface area contributed by atoms with Gasteiger partial charge in [-0.05, 0) is 5.56 Å². The molecule has 25 heavy (non-hydrogen) atoms. The van der Waals surface area contributed by atoms with Crippen LogP contribution in [0.25, 0.3) is 11.2 Å². The molecule has 0 saturated heterocycles. The molecule has 4 N–H and O–H groups in total. The smallest absolute Gasteiger partial charge is 0.327 e. The number of nitrogens with zero attached hydrogens (tertiary/aromatic N) is 3. The second kappa shape index (κ2) is 7.14. The van der Waals surface area contributed by atoms with Crippen molar-refractivity contribution < 1.29 is 9.53 Å². The number of imidazole rings is 1. The predicted molar refractivity (Wildman–Crippen MR) is 92.0 cm³/mol. The Labute approximate surface area is 142 Å². The summed E-state index contributed by atoms with van der Waals surface area (Å²) in [6.45, 7) is 0.952. The lowest BCUT2D eigenvalue weighted by molar-refractivity contribution is 0.0941. The molecule has 0 aliphatic heterocycles. The number of benzene rings is 1. The predicted octanol–water partition coefficient (Wildman–Crippen LogP) is 0.278. The van der Waals surface area contributed by atoms with Crippen molar-refractivity contribution in [3.05, 3.63) is 52.2 Å². The first-order valence-corrected chi connectivity index (χ1v) is 7.67. The number of anilines is 1. The van der Waals surface area contributed by atoms with Gasteiger partial charge in [-0.3, -0.25) is 9.36 Å². The minimum absolute atomic E-state index is 0.0446. The van der Waals surface area contributed by atoms with Gasteiger partial charge in [0.1, 0.15) is 5.52 Å². The van der Waals surface area contributed by atoms with E-state index < -0.39 is 5.91 Å². The molecule has 0 saturated carbocycles. The summed E-state index contributed by atoms with van der Waals surface area (Å²) in [6.07, 6.45) is 0. The maximum atomic E-state index is 12.3. The van der Waals surface area contributed by atoms with E-state index in [9.17, 15) is 9.59 Å². The topological polar surface area (TPSA) is 128 Å². The summed E-state index contributed by atoms with van der Waals surface area (Å²) in [4.78, 5) is 35.1. The molecular formula is C16H18N6O3. The van der Waals surface area contributed by atoms with E-state index in [-0.39, 0.29) is 29.5 Å². The molecule has 0 bridgehead atoms. The average molecular weight is 342 g/mol. The molecule has 9 nitrogen and oxygen atoms in total. The Bertz CT molecular complexity index is 948. The number of carbonyl (C=O) groups is 1. The van der Waals surface area contributed by atoms with E-state index in [4.69, 9.17) is 10.5 Å². The fraction of sp³-hybridized carbons (Fsp3) is 0.250. The third-order valence-electron chi connectivity index (χ3n) is 3.67. The second-order valence-corrected chi connectivity index (χ2v) is 5.37. The minimum atomic E-state index is -0.468. The summed E-state index contributed by atoms with van der Waals surface area (Å²) in [7, 11) is 1.53. The molecule has 3 rings (SSSR count). The summed E-state index contributed by atoms with van der Waals surface area (Å²) in [5.41, 5.74) is 7.02. The van der Waals surface area contributed by atoms with Crippen molar-refractivity contribution >= 4 is 22.9 Å². The lowest BCUT2D eigenvalue weighted by atomic mass is 10.2. The number of aromatic amines is 1. The molecule has 2 heterocycles. The Balaban J connectivity index is 1.88. The highest BCUT2D eigenvalue weighted by Crippen LogP contribution is 2.14. The zero-order valence-corrected chi connectivity index (χ0v) is 13.7. The maximum Gasteiger partial charge on any atom is 0.327 e. The molecule has 3 aromatic rings. The molecular weight excluding hydrogens is 324 g/mol. The largest absolute Gasteiger partial charge is 0.383 e. The van der Waals surface area contributed by atoms with Crippen molar-refractivity contribution in [2.75, 3.05) is 19.5 Å². The van der Waals surface area contributed by atoms with Gasteiger partial charge in [0.2, 0.25) is 5.82 Å². The number of hydrogen-bond donors (Lipinski definition) is 3. The number of nitrogen functional groups attached to an aromatic ring is 1. The van der Waals surface area contributed by atoms with E-state index in [0.29, 0.717) is 18.7 Å². The zero-order valence-electron chi connectivity index (χ0n) is 13.7. The molecule has 0 aliphatic carbocycles. The van der Waals surface area contributed by atoms with Gasteiger partial charge in [-0.15, -0.1) is 0 Å². The molecule has 130 valence electrons. The highest BCUT2D eigenvalue weighted by Gasteiger charge is 2.17. The number of rotatable bonds is 6. The zero-order chi connectivity index (χ0) is 17.8. The van der Waals surface area contributed by atoms with Crippen molar-refractivity contribution in [2.45, 2.75) is 13.1 Å². The molecule has 1 aromatic carbocycles. The first kappa shape index (κ1) is 16.7. The van der Waals surface area contributed by atoms with Gasteiger partial charge >= 0.3 is 5.69 Å². The molecule has 2 aromatic heterocycles. The van der Waals surface area contributed by atoms with Crippen LogP contribution in [0.15, 0.2) is 35.1 Å². The van der Waals surface area contributed by atoms with Gasteiger partial charge in [0.25, 0.3) is 5.91 Å². The standard InChI is InChI=1S/C16H18N6O3/c1-25-8-7-22-14-11(19-16(22)24)12(17)20-13(21-14)15(23)18-9-10-5-3-2-4-6-10/h2-6H,7-9H2,1H3,(H,18,23)(H,19,24)(H2,17,20,21). The summed E-state index contributed by atoms with van der Waals surface area (Å²) < 4.78 is 6.35. The third kappa shape index (κ3) is 3.50. The fourth-order valence-corrected chi connectivity index (χ4v) is 2.40. The van der Waals surface area contributed by atoms with Crippen LogP contribution in [0.4, 0.5) is 5.82 Å². The number of H-pyrrole nitrogens is 1. The van der Waals surface area contributed by atoms with Crippen molar-refractivity contribution in [2.24, 2.45) is 0 Å². The molecule has 0 fully saturated rings. The summed E-state index contributed by atoms with van der Waals surface area (Å²) in [5.74, 6) is -0.515. The Hall–Kier alpha value is -3.20. The van der Waals surface area contributed by atoms with E-state index >= 15 is 0 Å². The number of aromatic nitrogens is 4. The van der Waals surface area contributed by atoms with Gasteiger partial charge in [-0.1, -0.05) is 30.3 Å². The third-order valence-corrected chi connectivity index (χ3v) is 3.67. The molecule has 0 radical (unpaired) electrons. The lowest BCUT2D eigenvalue weighted by Gasteiger charge is -2.06. The van der Waals surface area contributed by atoms with Crippen LogP contribution in [-0.4, -0.2) is 39.1 Å². The minimum Gasteiger partial charge on any atom is -0.383 e. The number of nitrogens with one attached hydrogen (secondary N) is 2. The second-order valence-electron chi connectivity index (χ2n) is 5.37. The number of nitrogens with two attached hydrogens (primary N) is 1. The average Bonchev–Trinajstić information content (AvgIpc) is 2.94. The van der Waals surface area contributed by atoms with Crippen LogP contribution in [0.3, 0.4) is 0 Å². The Morgan fingerprint density at radius 3 is 2.80 bits per heavy atom. The molecule has 0 spiro atoms. The van der Waals surface area contributed by atoms with E-state index in [1.165, 1.54) is 11.7 Å². The number of ether oxygens (including phenoxy) is 1. The van der Waals surface area contributed by atoms with Gasteiger partial charge in [-0.25, -0.2) is 14.8 Å². The van der Waals surface area contributed by atoms with Crippen molar-refractivity contribution in [3.8, 4) is 0 Å². The number of carbonyl (C=O) groups excluding carboxylic acids is 1. The maximum absolute atomic E-state index is 12.3. The summed E-state index contributed by atoms with van der Waals surface area (Å²) in [5, 5.41) is 2.73. The van der Waals surface area contributed by atoms with Gasteiger partial charge in [-0.2, -0.15) is 0 Å². The quantitative estimate of drug-likeness (QED) is 0.590. The number of hydrogen-bond acceptors (Lipinski definition) is 6. The van der Waals surface area contributed by atoms with Crippen molar-refractivity contribution in [3.63, 3.8) is 0 Å². The highest BCUT2D eigenvalue weighted by molar-refractivity contribution is 5.94. The van der Waals surface area contributed by atoms with Gasteiger partial charge < -0.3 is 20.8 Å². The van der Waals surface area contributed by atoms with E-state index in [2.05, 4.69) is 20.3 Å². The van der Waals surface area contributed by atoms with Crippen molar-refractivity contribution in [1.82, 2.24) is 24.8 Å². The number of methoxy groups -OCH3 is 1. The number of fused-ring (bicyclic) bond motifs is 1. The normalized spacial score (nSPS) is 10.9. The van der Waals surface area contributed by atoms with Crippen LogP contribution in [0.2, 0.25) is 0 Å². The van der Waals surface area contributed by atoms with Crippen molar-refractivity contribution in [1.29, 1.82) is 0 Å². The highest BCUT2D eigenvalue weighted by atomic mass is 16.5. The Kier molecular flexibility index (Phi) is 4.75. The molecule has 9 heteroatoms. The first-order chi connectivity index (χ1) is 12.1. The van der Waals surface area contributed by atoms with Gasteiger partial charge in [0, 0.05) is 13.7 Å². The van der Waals surface area contributed by atoms with Crippen LogP contribution >= 0.6 is 0 Å². The van der Waals surface area contributed by atoms with E-state index in [1.807, 2.05) is 30.3 Å². The van der Waals surface area contributed by atoms with Crippen LogP contribution in [-0.2, 0) is 17.8 Å². The van der Waals surface area contributed by atoms with Gasteiger partial charge in [0.15, 0.2) is 11.5 Å². The number of amides is 1. The SMILES string of the molecule is COCCn1c(=O)[nH]c2c(N)nc(C(=O)NCc3ccccc3)nc21. The molecule has 1 amide bonds. The van der Waals surface area contributed by atoms with E-state index in [1.54, 1.807) is 0 Å². The monoisotopic (exact) mass is 342 g/mol. The van der Waals surface area contributed by atoms with E-state index in [0.717, 1.165) is 5.56 Å². The van der Waals surface area contributed by atoms with Crippen LogP contribution in [0.5, 0.6) is 0 Å². The van der Waals surface area contributed by atoms with Crippen LogP contribution in [0, 0.1) is 0 Å². The van der Waals surface area contributed by atoms with Crippen LogP contribution < -0.4 is 16.7 Å².